The lowest BCUT2D eigenvalue weighted by Crippen LogP contribution is -2.55. The highest BCUT2D eigenvalue weighted by molar-refractivity contribution is 5.89. The highest BCUT2D eigenvalue weighted by Gasteiger charge is 2.36. The van der Waals surface area contributed by atoms with Gasteiger partial charge in [-0.25, -0.2) is 5.06 Å². The van der Waals surface area contributed by atoms with Crippen molar-refractivity contribution in [2.45, 2.75) is 58.9 Å². The van der Waals surface area contributed by atoms with Crippen molar-refractivity contribution >= 4 is 18.2 Å². The number of nitrogens with zero attached hydrogens (tertiary/aromatic N) is 2. The number of likely N-dealkylation sites (N-methyl/N-ethyl adjacent to an activating group) is 1. The first-order valence-electron chi connectivity index (χ1n) is 8.98. The van der Waals surface area contributed by atoms with E-state index < -0.39 is 17.4 Å². The van der Waals surface area contributed by atoms with Crippen LogP contribution in [0.1, 0.15) is 52.9 Å². The number of hydrogen-bond acceptors (Lipinski definition) is 4. The Balaban J connectivity index is 2.88. The van der Waals surface area contributed by atoms with Crippen LogP contribution in [0.25, 0.3) is 0 Å². The number of amides is 3. The van der Waals surface area contributed by atoms with Crippen molar-refractivity contribution in [3.8, 4) is 0 Å². The predicted molar refractivity (Wildman–Crippen MR) is 94.7 cm³/mol. The van der Waals surface area contributed by atoms with E-state index in [4.69, 9.17) is 0 Å². The van der Waals surface area contributed by atoms with Crippen molar-refractivity contribution in [3.05, 3.63) is 0 Å². The average molecular weight is 355 g/mol. The lowest BCUT2D eigenvalue weighted by atomic mass is 9.84. The number of carbonyl (C=O) groups excluding carboxylic acids is 3. The molecule has 3 amide bonds. The number of rotatable bonds is 8. The molecule has 2 atom stereocenters. The third-order valence-corrected chi connectivity index (χ3v) is 4.83. The molecule has 0 aromatic rings. The largest absolute Gasteiger partial charge is 0.347 e. The summed E-state index contributed by atoms with van der Waals surface area (Å²) in [6.45, 7) is 5.64. The molecule has 1 fully saturated rings. The maximum atomic E-state index is 12.8. The van der Waals surface area contributed by atoms with Gasteiger partial charge in [-0.15, -0.1) is 0 Å². The van der Waals surface area contributed by atoms with Gasteiger partial charge in [0.15, 0.2) is 0 Å². The van der Waals surface area contributed by atoms with Crippen LogP contribution in [0.2, 0.25) is 0 Å². The van der Waals surface area contributed by atoms with Crippen LogP contribution in [0, 0.1) is 17.3 Å². The highest BCUT2D eigenvalue weighted by Crippen LogP contribution is 2.31. The summed E-state index contributed by atoms with van der Waals surface area (Å²) in [7, 11) is 3.32. The van der Waals surface area contributed by atoms with Crippen LogP contribution in [0.4, 0.5) is 0 Å². The van der Waals surface area contributed by atoms with Gasteiger partial charge in [0.05, 0.1) is 12.5 Å². The molecule has 1 aliphatic rings. The van der Waals surface area contributed by atoms with Gasteiger partial charge < -0.3 is 10.2 Å². The third-order valence-electron chi connectivity index (χ3n) is 4.83. The van der Waals surface area contributed by atoms with E-state index in [-0.39, 0.29) is 18.4 Å². The summed E-state index contributed by atoms with van der Waals surface area (Å²) in [6.07, 6.45) is 5.36. The molecule has 0 aliphatic heterocycles. The monoisotopic (exact) mass is 355 g/mol. The molecule has 0 radical (unpaired) electrons. The van der Waals surface area contributed by atoms with Crippen molar-refractivity contribution in [1.82, 2.24) is 15.3 Å². The van der Waals surface area contributed by atoms with E-state index in [1.165, 1.54) is 4.90 Å². The molecule has 0 aromatic carbocycles. The first kappa shape index (κ1) is 21.4. The van der Waals surface area contributed by atoms with Crippen molar-refractivity contribution < 1.29 is 19.6 Å². The van der Waals surface area contributed by atoms with E-state index in [1.54, 1.807) is 14.1 Å². The standard InChI is InChI=1S/C18H33N3O4/c1-18(2,3)15(17(24)20(4)5)19-16(23)14(11-21(25)12-22)10-13-8-6-7-9-13/h12-15,25H,6-11H2,1-5H3,(H,19,23)/t14-,15-/m1/s1. The molecule has 1 aliphatic carbocycles. The van der Waals surface area contributed by atoms with Gasteiger partial charge in [-0.3, -0.25) is 19.6 Å². The summed E-state index contributed by atoms with van der Waals surface area (Å²) < 4.78 is 0. The van der Waals surface area contributed by atoms with E-state index in [0.717, 1.165) is 25.7 Å². The fourth-order valence-electron chi connectivity index (χ4n) is 3.35. The van der Waals surface area contributed by atoms with Gasteiger partial charge in [0.2, 0.25) is 18.2 Å². The topological polar surface area (TPSA) is 90.0 Å². The van der Waals surface area contributed by atoms with Crippen LogP contribution in [-0.2, 0) is 14.4 Å². The van der Waals surface area contributed by atoms with Gasteiger partial charge in [-0.05, 0) is 17.8 Å². The minimum Gasteiger partial charge on any atom is -0.347 e. The smallest absolute Gasteiger partial charge is 0.245 e. The average Bonchev–Trinajstić information content (AvgIpc) is 3.02. The molecule has 0 heterocycles. The van der Waals surface area contributed by atoms with E-state index >= 15 is 0 Å². The van der Waals surface area contributed by atoms with Crippen LogP contribution in [0.15, 0.2) is 0 Å². The molecule has 7 nitrogen and oxygen atoms in total. The third kappa shape index (κ3) is 6.65. The number of carbonyl (C=O) groups is 3. The summed E-state index contributed by atoms with van der Waals surface area (Å²) >= 11 is 0. The Kier molecular flexibility index (Phi) is 7.86. The Bertz CT molecular complexity index is 467. The lowest BCUT2D eigenvalue weighted by Gasteiger charge is -2.34. The zero-order chi connectivity index (χ0) is 19.2. The normalized spacial score (nSPS) is 17.7. The second-order valence-corrected chi connectivity index (χ2v) is 8.35. The summed E-state index contributed by atoms with van der Waals surface area (Å²) in [5, 5.41) is 12.9. The van der Waals surface area contributed by atoms with Crippen LogP contribution < -0.4 is 5.32 Å². The molecule has 7 heteroatoms. The zero-order valence-electron chi connectivity index (χ0n) is 16.1. The van der Waals surface area contributed by atoms with Gasteiger partial charge in [0, 0.05) is 14.1 Å². The van der Waals surface area contributed by atoms with Crippen LogP contribution >= 0.6 is 0 Å². The number of hydrogen-bond donors (Lipinski definition) is 2. The lowest BCUT2D eigenvalue weighted by molar-refractivity contribution is -0.155. The SMILES string of the molecule is CN(C)C(=O)[C@@H](NC(=O)[C@H](CC1CCCC1)CN(O)C=O)C(C)(C)C. The molecule has 1 rings (SSSR count). The van der Waals surface area contributed by atoms with Crippen molar-refractivity contribution in [2.24, 2.45) is 17.3 Å². The molecule has 0 aromatic heterocycles. The summed E-state index contributed by atoms with van der Waals surface area (Å²) in [5.74, 6) is -0.564. The van der Waals surface area contributed by atoms with Crippen LogP contribution in [0.3, 0.4) is 0 Å². The van der Waals surface area contributed by atoms with Crippen molar-refractivity contribution in [2.75, 3.05) is 20.6 Å². The quantitative estimate of drug-likeness (QED) is 0.393. The summed E-state index contributed by atoms with van der Waals surface area (Å²) in [4.78, 5) is 37.5. The molecular weight excluding hydrogens is 322 g/mol. The second-order valence-electron chi connectivity index (χ2n) is 8.35. The minimum atomic E-state index is -0.663. The Morgan fingerprint density at radius 3 is 2.24 bits per heavy atom. The van der Waals surface area contributed by atoms with Crippen molar-refractivity contribution in [1.29, 1.82) is 0 Å². The van der Waals surface area contributed by atoms with Crippen LogP contribution in [-0.4, -0.2) is 60.1 Å². The fraction of sp³-hybridized carbons (Fsp3) is 0.833. The number of hydroxylamine groups is 2. The zero-order valence-corrected chi connectivity index (χ0v) is 16.1. The van der Waals surface area contributed by atoms with Gasteiger partial charge >= 0.3 is 0 Å². The van der Waals surface area contributed by atoms with E-state index in [2.05, 4.69) is 5.32 Å². The molecule has 0 bridgehead atoms. The van der Waals surface area contributed by atoms with Gasteiger partial charge in [0.1, 0.15) is 6.04 Å². The van der Waals surface area contributed by atoms with Crippen molar-refractivity contribution in [3.63, 3.8) is 0 Å². The van der Waals surface area contributed by atoms with E-state index in [0.29, 0.717) is 23.8 Å². The van der Waals surface area contributed by atoms with Gasteiger partial charge in [-0.1, -0.05) is 46.5 Å². The molecule has 25 heavy (non-hydrogen) atoms. The maximum Gasteiger partial charge on any atom is 0.245 e. The molecule has 0 spiro atoms. The first-order chi connectivity index (χ1) is 11.6. The molecule has 1 saturated carbocycles. The Morgan fingerprint density at radius 2 is 1.80 bits per heavy atom. The maximum absolute atomic E-state index is 12.8. The predicted octanol–water partition coefficient (Wildman–Crippen LogP) is 1.65. The highest BCUT2D eigenvalue weighted by atomic mass is 16.5. The summed E-state index contributed by atoms with van der Waals surface area (Å²) in [6, 6.07) is -0.663. The Labute approximate surface area is 150 Å². The number of nitrogens with one attached hydrogen (secondary N) is 1. The van der Waals surface area contributed by atoms with E-state index in [9.17, 15) is 19.6 Å². The Morgan fingerprint density at radius 1 is 1.24 bits per heavy atom. The second kappa shape index (κ2) is 9.17. The molecule has 2 N–H and O–H groups in total. The van der Waals surface area contributed by atoms with Crippen LogP contribution in [0.5, 0.6) is 0 Å². The van der Waals surface area contributed by atoms with Gasteiger partial charge in [-0.2, -0.15) is 0 Å². The first-order valence-corrected chi connectivity index (χ1v) is 8.98. The molecule has 0 unspecified atom stereocenters. The molecule has 0 saturated heterocycles. The molecular formula is C18H33N3O4. The van der Waals surface area contributed by atoms with E-state index in [1.807, 2.05) is 20.8 Å². The summed E-state index contributed by atoms with van der Waals surface area (Å²) in [5.41, 5.74) is -0.446. The minimum absolute atomic E-state index is 0.0567. The van der Waals surface area contributed by atoms with Gasteiger partial charge in [0.25, 0.3) is 0 Å². The fourth-order valence-corrected chi connectivity index (χ4v) is 3.35. The molecule has 144 valence electrons. The Hall–Kier alpha value is -1.63.